The maximum Gasteiger partial charge on any atom is 0.303 e. The van der Waals surface area contributed by atoms with Gasteiger partial charge in [0.05, 0.1) is 0 Å². The summed E-state index contributed by atoms with van der Waals surface area (Å²) < 4.78 is 0. The zero-order valence-electron chi connectivity index (χ0n) is 15.7. The van der Waals surface area contributed by atoms with E-state index < -0.39 is 5.97 Å². The van der Waals surface area contributed by atoms with Crippen LogP contribution in [0.3, 0.4) is 0 Å². The molecule has 0 aliphatic rings. The van der Waals surface area contributed by atoms with Gasteiger partial charge in [-0.3, -0.25) is 10.1 Å². The van der Waals surface area contributed by atoms with E-state index in [1.54, 1.807) is 6.08 Å². The van der Waals surface area contributed by atoms with Crippen molar-refractivity contribution in [1.29, 1.82) is 0 Å². The number of hydrogen-bond acceptors (Lipinski definition) is 3. The molecule has 4 nitrogen and oxygen atoms in total. The van der Waals surface area contributed by atoms with Crippen molar-refractivity contribution in [1.82, 2.24) is 0 Å². The van der Waals surface area contributed by atoms with E-state index in [-0.39, 0.29) is 12.5 Å². The average molecular weight is 360 g/mol. The van der Waals surface area contributed by atoms with E-state index in [9.17, 15) is 4.79 Å². The van der Waals surface area contributed by atoms with Gasteiger partial charge in [0.1, 0.15) is 6.10 Å². The molecule has 0 heterocycles. The Kier molecular flexibility index (Phi) is 17.6. The van der Waals surface area contributed by atoms with Gasteiger partial charge < -0.3 is 5.11 Å². The minimum atomic E-state index is -0.783. The van der Waals surface area contributed by atoms with Crippen LogP contribution in [0.5, 0.6) is 0 Å². The van der Waals surface area contributed by atoms with Gasteiger partial charge in [-0.25, -0.2) is 4.89 Å². The van der Waals surface area contributed by atoms with Gasteiger partial charge in [0.2, 0.25) is 0 Å². The van der Waals surface area contributed by atoms with Gasteiger partial charge >= 0.3 is 5.97 Å². The molecule has 0 aromatic carbocycles. The molecule has 4 heteroatoms. The number of carboxylic acids is 1. The molecular weight excluding hydrogens is 328 g/mol. The van der Waals surface area contributed by atoms with Gasteiger partial charge in [-0.2, -0.15) is 0 Å². The van der Waals surface area contributed by atoms with Crippen molar-refractivity contribution in [2.45, 2.75) is 58.0 Å². The second kappa shape index (κ2) is 19.2. The molecule has 1 unspecified atom stereocenters. The van der Waals surface area contributed by atoms with Crippen molar-refractivity contribution in [3.8, 4) is 0 Å². The standard InChI is InChI=1S/C22H32O4/c1-2-3-4-5-6-7-8-9-12-15-18-21(26-25)19-16-13-10-11-14-17-20-22(23)24/h3-4,6-7,9,11-16,18,21,25H,2,5,8,10,17,19-20H2,1H3,(H,23,24)/b4-3-,7-6-,12-9-,14-11-,16-13-,18-15+. The van der Waals surface area contributed by atoms with Crippen LogP contribution in [0, 0.1) is 0 Å². The minimum Gasteiger partial charge on any atom is -0.481 e. The van der Waals surface area contributed by atoms with Crippen molar-refractivity contribution < 1.29 is 20.0 Å². The smallest absolute Gasteiger partial charge is 0.303 e. The first-order valence-corrected chi connectivity index (χ1v) is 9.16. The summed E-state index contributed by atoms with van der Waals surface area (Å²) in [6.45, 7) is 2.12. The summed E-state index contributed by atoms with van der Waals surface area (Å²) in [6.07, 6.45) is 28.5. The highest BCUT2D eigenvalue weighted by atomic mass is 17.1. The quantitative estimate of drug-likeness (QED) is 0.162. The lowest BCUT2D eigenvalue weighted by molar-refractivity contribution is -0.264. The normalized spacial score (nSPS) is 14.2. The molecule has 0 saturated heterocycles. The third kappa shape index (κ3) is 18.2. The molecule has 0 saturated carbocycles. The predicted molar refractivity (Wildman–Crippen MR) is 108 cm³/mol. The van der Waals surface area contributed by atoms with Crippen LogP contribution in [0.4, 0.5) is 0 Å². The first-order chi connectivity index (χ1) is 12.7. The summed E-state index contributed by atoms with van der Waals surface area (Å²) >= 11 is 0. The molecule has 144 valence electrons. The molecule has 1 atom stereocenters. The lowest BCUT2D eigenvalue weighted by Crippen LogP contribution is -2.04. The molecule has 0 aromatic rings. The van der Waals surface area contributed by atoms with E-state index in [1.165, 1.54) is 0 Å². The van der Waals surface area contributed by atoms with Crippen molar-refractivity contribution >= 4 is 5.97 Å². The van der Waals surface area contributed by atoms with E-state index in [4.69, 9.17) is 10.4 Å². The minimum absolute atomic E-state index is 0.157. The van der Waals surface area contributed by atoms with Crippen molar-refractivity contribution in [2.24, 2.45) is 0 Å². The Balaban J connectivity index is 3.90. The first kappa shape index (κ1) is 23.8. The molecule has 26 heavy (non-hydrogen) atoms. The topological polar surface area (TPSA) is 66.8 Å². The second-order valence-corrected chi connectivity index (χ2v) is 5.63. The molecule has 0 amide bonds. The molecule has 0 fully saturated rings. The summed E-state index contributed by atoms with van der Waals surface area (Å²) in [7, 11) is 0. The molecule has 0 rings (SSSR count). The third-order valence-corrected chi connectivity index (χ3v) is 3.32. The molecule has 0 radical (unpaired) electrons. The summed E-state index contributed by atoms with van der Waals surface area (Å²) in [5.74, 6) is -0.783. The number of carbonyl (C=O) groups is 1. The van der Waals surface area contributed by atoms with Gasteiger partial charge in [-0.1, -0.05) is 79.8 Å². The van der Waals surface area contributed by atoms with Gasteiger partial charge in [0.25, 0.3) is 0 Å². The molecular formula is C22H32O4. The number of rotatable bonds is 15. The fourth-order valence-electron chi connectivity index (χ4n) is 1.94. The Morgan fingerprint density at radius 3 is 2.15 bits per heavy atom. The van der Waals surface area contributed by atoms with Crippen LogP contribution < -0.4 is 0 Å². The molecule has 0 spiro atoms. The molecule has 2 N–H and O–H groups in total. The average Bonchev–Trinajstić information content (AvgIpc) is 2.63. The Labute approximate surface area is 157 Å². The van der Waals surface area contributed by atoms with Crippen molar-refractivity contribution in [3.63, 3.8) is 0 Å². The fourth-order valence-corrected chi connectivity index (χ4v) is 1.94. The van der Waals surface area contributed by atoms with E-state index >= 15 is 0 Å². The van der Waals surface area contributed by atoms with Gasteiger partial charge in [-0.05, 0) is 38.5 Å². The monoisotopic (exact) mass is 360 g/mol. The summed E-state index contributed by atoms with van der Waals surface area (Å²) in [4.78, 5) is 14.8. The van der Waals surface area contributed by atoms with Crippen LogP contribution in [-0.2, 0) is 9.68 Å². The van der Waals surface area contributed by atoms with Crippen LogP contribution in [-0.4, -0.2) is 22.4 Å². The van der Waals surface area contributed by atoms with E-state index in [2.05, 4.69) is 36.1 Å². The van der Waals surface area contributed by atoms with E-state index in [0.717, 1.165) is 25.7 Å². The largest absolute Gasteiger partial charge is 0.481 e. The lowest BCUT2D eigenvalue weighted by atomic mass is 10.2. The van der Waals surface area contributed by atoms with Crippen molar-refractivity contribution in [3.05, 3.63) is 72.9 Å². The van der Waals surface area contributed by atoms with Crippen LogP contribution in [0.1, 0.15) is 51.9 Å². The number of carboxylic acid groups (broad SMARTS) is 1. The van der Waals surface area contributed by atoms with E-state index in [0.29, 0.717) is 12.8 Å². The van der Waals surface area contributed by atoms with Crippen LogP contribution in [0.2, 0.25) is 0 Å². The van der Waals surface area contributed by atoms with Crippen LogP contribution in [0.15, 0.2) is 72.9 Å². The predicted octanol–water partition coefficient (Wildman–Crippen LogP) is 6.02. The van der Waals surface area contributed by atoms with Gasteiger partial charge in [0.15, 0.2) is 0 Å². The van der Waals surface area contributed by atoms with Crippen LogP contribution >= 0.6 is 0 Å². The number of aliphatic carboxylic acids is 1. The van der Waals surface area contributed by atoms with Gasteiger partial charge in [0, 0.05) is 6.42 Å². The third-order valence-electron chi connectivity index (χ3n) is 3.32. The Bertz CT molecular complexity index is 510. The zero-order chi connectivity index (χ0) is 19.3. The number of hydrogen-bond donors (Lipinski definition) is 2. The van der Waals surface area contributed by atoms with E-state index in [1.807, 2.05) is 42.5 Å². The summed E-state index contributed by atoms with van der Waals surface area (Å²) in [5.41, 5.74) is 0. The highest BCUT2D eigenvalue weighted by Crippen LogP contribution is 2.02. The fraction of sp³-hybridized carbons (Fsp3) is 0.409. The van der Waals surface area contributed by atoms with Gasteiger partial charge in [-0.15, -0.1) is 0 Å². The Morgan fingerprint density at radius 1 is 0.885 bits per heavy atom. The Hall–Kier alpha value is -2.17. The highest BCUT2D eigenvalue weighted by Gasteiger charge is 1.99. The maximum absolute atomic E-state index is 10.3. The van der Waals surface area contributed by atoms with Crippen LogP contribution in [0.25, 0.3) is 0 Å². The number of allylic oxidation sites excluding steroid dienone is 10. The lowest BCUT2D eigenvalue weighted by Gasteiger charge is -2.03. The molecule has 0 aromatic heterocycles. The molecule has 0 bridgehead atoms. The maximum atomic E-state index is 10.3. The molecule has 0 aliphatic carbocycles. The Morgan fingerprint density at radius 2 is 1.50 bits per heavy atom. The SMILES string of the molecule is CC/C=C\C/C=C\C/C=C\C=C\C(C/C=C\C/C=C\CCC(=O)O)OO. The first-order valence-electron chi connectivity index (χ1n) is 9.16. The highest BCUT2D eigenvalue weighted by molar-refractivity contribution is 5.66. The second-order valence-electron chi connectivity index (χ2n) is 5.63. The summed E-state index contributed by atoms with van der Waals surface area (Å²) in [5, 5.41) is 17.4. The summed E-state index contributed by atoms with van der Waals surface area (Å²) in [6, 6.07) is 0. The molecule has 0 aliphatic heterocycles. The zero-order valence-corrected chi connectivity index (χ0v) is 15.7. The van der Waals surface area contributed by atoms with Crippen molar-refractivity contribution in [2.75, 3.05) is 0 Å².